The van der Waals surface area contributed by atoms with Gasteiger partial charge >= 0.3 is 0 Å². The number of hydrogen-bond donors (Lipinski definition) is 0. The van der Waals surface area contributed by atoms with Crippen LogP contribution in [0.4, 0.5) is 8.78 Å². The first-order valence-electron chi connectivity index (χ1n) is 11.5. The van der Waals surface area contributed by atoms with Crippen LogP contribution < -0.4 is 4.74 Å². The lowest BCUT2D eigenvalue weighted by Gasteiger charge is -2.43. The molecule has 2 aromatic rings. The van der Waals surface area contributed by atoms with Crippen molar-refractivity contribution in [2.24, 2.45) is 0 Å². The molecule has 10 heteroatoms. The van der Waals surface area contributed by atoms with Crippen LogP contribution in [0.2, 0.25) is 5.02 Å². The van der Waals surface area contributed by atoms with Crippen molar-refractivity contribution in [2.45, 2.75) is 12.0 Å². The maximum absolute atomic E-state index is 14.3. The quantitative estimate of drug-likeness (QED) is 0.601. The molecular weight excluding hydrogens is 480 g/mol. The van der Waals surface area contributed by atoms with Crippen molar-refractivity contribution in [3.05, 3.63) is 64.7 Å². The molecule has 35 heavy (non-hydrogen) atoms. The molecule has 188 valence electrons. The Bertz CT molecular complexity index is 1060. The largest absolute Gasteiger partial charge is 0.490 e. The number of piperazine rings is 1. The summed E-state index contributed by atoms with van der Waals surface area (Å²) in [6.45, 7) is 2.82. The lowest BCUT2D eigenvalue weighted by Crippen LogP contribution is -2.59. The standard InChI is InChI=1S/C25H28ClF2N3O4/c1-29-8-10-30(11-9-29)22(32)15-25(17-34-19-5-2-4-18(26)14-19)16-31(12-13-35-25)24(33)23-20(27)6-3-7-21(23)28/h2-7,14H,8-13,15-17H2,1H3. The number of morpholine rings is 1. The Morgan fingerprint density at radius 2 is 1.71 bits per heavy atom. The third kappa shape index (κ3) is 6.09. The maximum Gasteiger partial charge on any atom is 0.260 e. The van der Waals surface area contributed by atoms with Crippen LogP contribution in [0, 0.1) is 11.6 Å². The number of halogens is 3. The Hall–Kier alpha value is -2.75. The second-order valence-corrected chi connectivity index (χ2v) is 9.40. The van der Waals surface area contributed by atoms with E-state index in [2.05, 4.69) is 4.90 Å². The van der Waals surface area contributed by atoms with Crippen molar-refractivity contribution in [2.75, 3.05) is 59.5 Å². The van der Waals surface area contributed by atoms with Crippen LogP contribution >= 0.6 is 11.6 Å². The number of ether oxygens (including phenoxy) is 2. The lowest BCUT2D eigenvalue weighted by molar-refractivity contribution is -0.154. The molecule has 1 atom stereocenters. The molecule has 0 aliphatic carbocycles. The van der Waals surface area contributed by atoms with E-state index in [4.69, 9.17) is 21.1 Å². The fraction of sp³-hybridized carbons (Fsp3) is 0.440. The van der Waals surface area contributed by atoms with E-state index < -0.39 is 28.7 Å². The topological polar surface area (TPSA) is 62.3 Å². The molecule has 0 aromatic heterocycles. The summed E-state index contributed by atoms with van der Waals surface area (Å²) in [6, 6.07) is 10.1. The molecule has 2 saturated heterocycles. The fourth-order valence-electron chi connectivity index (χ4n) is 4.34. The smallest absolute Gasteiger partial charge is 0.260 e. The van der Waals surface area contributed by atoms with E-state index in [0.717, 1.165) is 25.2 Å². The van der Waals surface area contributed by atoms with Crippen LogP contribution in [0.5, 0.6) is 5.75 Å². The summed E-state index contributed by atoms with van der Waals surface area (Å²) in [5.74, 6) is -2.30. The number of amides is 2. The van der Waals surface area contributed by atoms with Gasteiger partial charge in [-0.05, 0) is 37.4 Å². The highest BCUT2D eigenvalue weighted by Gasteiger charge is 2.43. The second kappa shape index (κ2) is 10.9. The molecule has 2 aromatic carbocycles. The van der Waals surface area contributed by atoms with Gasteiger partial charge in [-0.15, -0.1) is 0 Å². The van der Waals surface area contributed by atoms with E-state index in [1.54, 1.807) is 29.2 Å². The average molecular weight is 508 g/mol. The molecule has 0 radical (unpaired) electrons. The molecule has 2 aliphatic heterocycles. The van der Waals surface area contributed by atoms with Gasteiger partial charge < -0.3 is 24.2 Å². The van der Waals surface area contributed by atoms with E-state index in [0.29, 0.717) is 23.9 Å². The summed E-state index contributed by atoms with van der Waals surface area (Å²) in [7, 11) is 2.00. The number of rotatable bonds is 6. The van der Waals surface area contributed by atoms with Crippen LogP contribution in [-0.2, 0) is 9.53 Å². The van der Waals surface area contributed by atoms with Gasteiger partial charge in [-0.2, -0.15) is 0 Å². The molecule has 0 spiro atoms. The van der Waals surface area contributed by atoms with E-state index in [1.165, 1.54) is 11.0 Å². The third-order valence-corrected chi connectivity index (χ3v) is 6.57. The predicted octanol–water partition coefficient (Wildman–Crippen LogP) is 3.07. The van der Waals surface area contributed by atoms with Gasteiger partial charge in [-0.1, -0.05) is 23.7 Å². The molecule has 1 unspecified atom stereocenters. The molecule has 2 heterocycles. The zero-order valence-corrected chi connectivity index (χ0v) is 20.3. The van der Waals surface area contributed by atoms with Crippen molar-refractivity contribution >= 4 is 23.4 Å². The molecule has 2 aliphatic rings. The SMILES string of the molecule is CN1CCN(C(=O)CC2(COc3cccc(Cl)c3)CN(C(=O)c3c(F)cccc3F)CCO2)CC1. The van der Waals surface area contributed by atoms with E-state index in [1.807, 2.05) is 7.05 Å². The summed E-state index contributed by atoms with van der Waals surface area (Å²) >= 11 is 6.06. The summed E-state index contributed by atoms with van der Waals surface area (Å²) < 4.78 is 40.7. The minimum Gasteiger partial charge on any atom is -0.490 e. The number of likely N-dealkylation sites (N-methyl/N-ethyl adjacent to an activating group) is 1. The summed E-state index contributed by atoms with van der Waals surface area (Å²) in [6.07, 6.45) is -0.0409. The fourth-order valence-corrected chi connectivity index (χ4v) is 4.52. The highest BCUT2D eigenvalue weighted by Crippen LogP contribution is 2.28. The number of carbonyl (C=O) groups excluding carboxylic acids is 2. The van der Waals surface area contributed by atoms with E-state index in [9.17, 15) is 18.4 Å². The Morgan fingerprint density at radius 3 is 2.40 bits per heavy atom. The highest BCUT2D eigenvalue weighted by atomic mass is 35.5. The number of carbonyl (C=O) groups is 2. The van der Waals surface area contributed by atoms with Crippen molar-refractivity contribution in [1.29, 1.82) is 0 Å². The second-order valence-electron chi connectivity index (χ2n) is 8.96. The molecule has 0 N–H and O–H groups in total. The van der Waals surface area contributed by atoms with E-state index >= 15 is 0 Å². The number of hydrogen-bond acceptors (Lipinski definition) is 5. The van der Waals surface area contributed by atoms with Crippen molar-refractivity contribution in [3.8, 4) is 5.75 Å². The molecule has 2 amide bonds. The first kappa shape index (κ1) is 25.3. The molecule has 7 nitrogen and oxygen atoms in total. The van der Waals surface area contributed by atoms with Crippen LogP contribution in [0.1, 0.15) is 16.8 Å². The monoisotopic (exact) mass is 507 g/mol. The Balaban J connectivity index is 1.56. The Morgan fingerprint density at radius 1 is 1.03 bits per heavy atom. The lowest BCUT2D eigenvalue weighted by atomic mass is 9.96. The Labute approximate surface area is 208 Å². The summed E-state index contributed by atoms with van der Waals surface area (Å²) in [5, 5.41) is 0.487. The molecule has 0 saturated carbocycles. The van der Waals surface area contributed by atoms with Gasteiger partial charge in [0.2, 0.25) is 5.91 Å². The van der Waals surface area contributed by atoms with Crippen molar-refractivity contribution in [1.82, 2.24) is 14.7 Å². The summed E-state index contributed by atoms with van der Waals surface area (Å²) in [5.41, 5.74) is -1.82. The first-order valence-corrected chi connectivity index (χ1v) is 11.9. The van der Waals surface area contributed by atoms with Gasteiger partial charge in [0.25, 0.3) is 5.91 Å². The summed E-state index contributed by atoms with van der Waals surface area (Å²) in [4.78, 5) is 31.6. The third-order valence-electron chi connectivity index (χ3n) is 6.34. The minimum atomic E-state index is -1.20. The van der Waals surface area contributed by atoms with Gasteiger partial charge in [0, 0.05) is 37.7 Å². The predicted molar refractivity (Wildman–Crippen MR) is 127 cm³/mol. The van der Waals surface area contributed by atoms with Gasteiger partial charge in [-0.25, -0.2) is 8.78 Å². The van der Waals surface area contributed by atoms with E-state index in [-0.39, 0.29) is 38.6 Å². The highest BCUT2D eigenvalue weighted by molar-refractivity contribution is 6.30. The Kier molecular flexibility index (Phi) is 7.88. The van der Waals surface area contributed by atoms with Gasteiger partial charge in [0.1, 0.15) is 35.2 Å². The van der Waals surface area contributed by atoms with Gasteiger partial charge in [0.05, 0.1) is 19.6 Å². The molecule has 4 rings (SSSR count). The number of nitrogens with zero attached hydrogens (tertiary/aromatic N) is 3. The van der Waals surface area contributed by atoms with Crippen molar-refractivity contribution < 1.29 is 27.8 Å². The van der Waals surface area contributed by atoms with Gasteiger partial charge in [-0.3, -0.25) is 9.59 Å². The van der Waals surface area contributed by atoms with Crippen molar-refractivity contribution in [3.63, 3.8) is 0 Å². The number of benzene rings is 2. The first-order chi connectivity index (χ1) is 16.8. The van der Waals surface area contributed by atoms with Gasteiger partial charge in [0.15, 0.2) is 0 Å². The minimum absolute atomic E-state index is 0.0409. The zero-order chi connectivity index (χ0) is 25.0. The van der Waals surface area contributed by atoms with Crippen LogP contribution in [0.3, 0.4) is 0 Å². The van der Waals surface area contributed by atoms with Crippen LogP contribution in [-0.4, -0.2) is 91.6 Å². The average Bonchev–Trinajstić information content (AvgIpc) is 2.83. The molecule has 0 bridgehead atoms. The zero-order valence-electron chi connectivity index (χ0n) is 19.5. The normalized spacial score (nSPS) is 21.1. The maximum atomic E-state index is 14.3. The molecular formula is C25H28ClF2N3O4. The van der Waals surface area contributed by atoms with Crippen LogP contribution in [0.15, 0.2) is 42.5 Å². The van der Waals surface area contributed by atoms with Crippen LogP contribution in [0.25, 0.3) is 0 Å². The molecule has 2 fully saturated rings.